The van der Waals surface area contributed by atoms with Crippen molar-refractivity contribution < 1.29 is 14.7 Å². The molecule has 30 heavy (non-hydrogen) atoms. The van der Waals surface area contributed by atoms with Crippen LogP contribution >= 0.6 is 34.8 Å². The third kappa shape index (κ3) is 3.23. The van der Waals surface area contributed by atoms with Crippen molar-refractivity contribution in [1.29, 1.82) is 0 Å². The number of hydrogen-bond donors (Lipinski definition) is 4. The Labute approximate surface area is 186 Å². The number of carboxylic acids is 1. The molecule has 0 aliphatic carbocycles. The van der Waals surface area contributed by atoms with Gasteiger partial charge in [0.05, 0.1) is 27.0 Å². The SMILES string of the molecule is NC(=O)c1ccc(C2(c3cccc(Cl)c3Cl)Nc3ccc(C(=O)O)cc3N2)c(Cl)c1. The van der Waals surface area contributed by atoms with Crippen LogP contribution in [0.2, 0.25) is 15.1 Å². The van der Waals surface area contributed by atoms with Gasteiger partial charge in [-0.2, -0.15) is 0 Å². The van der Waals surface area contributed by atoms with Gasteiger partial charge in [0.2, 0.25) is 5.91 Å². The largest absolute Gasteiger partial charge is 0.478 e. The molecular weight excluding hydrogens is 449 g/mol. The lowest BCUT2D eigenvalue weighted by Gasteiger charge is -2.34. The van der Waals surface area contributed by atoms with Gasteiger partial charge in [0.1, 0.15) is 0 Å². The summed E-state index contributed by atoms with van der Waals surface area (Å²) in [5, 5.41) is 16.9. The number of benzene rings is 3. The maximum absolute atomic E-state index is 11.6. The molecule has 0 saturated heterocycles. The number of nitrogens with two attached hydrogens (primary N) is 1. The van der Waals surface area contributed by atoms with E-state index in [4.69, 9.17) is 40.5 Å². The molecule has 0 saturated carbocycles. The second-order valence-electron chi connectivity index (χ2n) is 6.73. The van der Waals surface area contributed by atoms with Crippen LogP contribution in [0.1, 0.15) is 31.8 Å². The van der Waals surface area contributed by atoms with E-state index in [0.29, 0.717) is 32.5 Å². The van der Waals surface area contributed by atoms with Gasteiger partial charge in [-0.15, -0.1) is 0 Å². The number of fused-ring (bicyclic) bond motifs is 1. The number of primary amides is 1. The van der Waals surface area contributed by atoms with Crippen molar-refractivity contribution in [2.24, 2.45) is 5.73 Å². The molecule has 0 spiro atoms. The van der Waals surface area contributed by atoms with Gasteiger partial charge in [0.25, 0.3) is 0 Å². The molecular formula is C21H14Cl3N3O3. The van der Waals surface area contributed by atoms with Crippen LogP contribution in [0.3, 0.4) is 0 Å². The molecule has 1 amide bonds. The number of amides is 1. The third-order valence-electron chi connectivity index (χ3n) is 4.92. The zero-order chi connectivity index (χ0) is 21.6. The van der Waals surface area contributed by atoms with Gasteiger partial charge in [-0.3, -0.25) is 4.79 Å². The van der Waals surface area contributed by atoms with Crippen LogP contribution in [0.5, 0.6) is 0 Å². The fraction of sp³-hybridized carbons (Fsp3) is 0.0476. The van der Waals surface area contributed by atoms with E-state index in [1.165, 1.54) is 18.2 Å². The lowest BCUT2D eigenvalue weighted by atomic mass is 9.90. The Kier molecular flexibility index (Phi) is 5.02. The maximum Gasteiger partial charge on any atom is 0.335 e. The predicted molar refractivity (Wildman–Crippen MR) is 118 cm³/mol. The minimum absolute atomic E-state index is 0.117. The van der Waals surface area contributed by atoms with Gasteiger partial charge in [0, 0.05) is 21.7 Å². The summed E-state index contributed by atoms with van der Waals surface area (Å²) in [4.78, 5) is 23.0. The molecule has 1 aliphatic heterocycles. The second kappa shape index (κ2) is 7.40. The quantitative estimate of drug-likeness (QED) is 0.427. The molecule has 5 N–H and O–H groups in total. The van der Waals surface area contributed by atoms with Crippen LogP contribution in [0.25, 0.3) is 0 Å². The van der Waals surface area contributed by atoms with Gasteiger partial charge in [0.15, 0.2) is 5.66 Å². The lowest BCUT2D eigenvalue weighted by molar-refractivity contribution is 0.0696. The fourth-order valence-electron chi connectivity index (χ4n) is 3.51. The second-order valence-corrected chi connectivity index (χ2v) is 7.92. The molecule has 152 valence electrons. The van der Waals surface area contributed by atoms with Crippen molar-refractivity contribution >= 4 is 58.1 Å². The van der Waals surface area contributed by atoms with Crippen LogP contribution in [-0.4, -0.2) is 17.0 Å². The highest BCUT2D eigenvalue weighted by atomic mass is 35.5. The summed E-state index contributed by atoms with van der Waals surface area (Å²) in [5.74, 6) is -1.67. The van der Waals surface area contributed by atoms with E-state index in [1.54, 1.807) is 36.4 Å². The molecule has 9 heteroatoms. The van der Waals surface area contributed by atoms with Crippen molar-refractivity contribution in [2.45, 2.75) is 5.66 Å². The highest BCUT2D eigenvalue weighted by molar-refractivity contribution is 6.42. The molecule has 3 aromatic carbocycles. The van der Waals surface area contributed by atoms with E-state index in [1.807, 2.05) is 0 Å². The Bertz CT molecular complexity index is 1220. The van der Waals surface area contributed by atoms with Crippen LogP contribution in [-0.2, 0) is 5.66 Å². The first-order chi connectivity index (χ1) is 14.2. The number of halogens is 3. The highest BCUT2D eigenvalue weighted by Gasteiger charge is 2.43. The van der Waals surface area contributed by atoms with Crippen LogP contribution < -0.4 is 16.4 Å². The monoisotopic (exact) mass is 461 g/mol. The van der Waals surface area contributed by atoms with Crippen molar-refractivity contribution in [2.75, 3.05) is 10.6 Å². The van der Waals surface area contributed by atoms with E-state index in [0.717, 1.165) is 0 Å². The Hall–Kier alpha value is -2.93. The lowest BCUT2D eigenvalue weighted by Crippen LogP contribution is -2.40. The van der Waals surface area contributed by atoms with Gasteiger partial charge in [-0.1, -0.05) is 53.0 Å². The van der Waals surface area contributed by atoms with Crippen molar-refractivity contribution in [3.05, 3.63) is 91.9 Å². The summed E-state index contributed by atoms with van der Waals surface area (Å²) in [6.07, 6.45) is 0. The maximum atomic E-state index is 11.6. The number of aromatic carboxylic acids is 1. The standard InChI is InChI=1S/C21H14Cl3N3O3/c22-14-3-1-2-13(18(14)24)21(12-6-4-10(19(25)28)8-15(12)23)26-16-7-5-11(20(29)30)9-17(16)27-21/h1-9,26-27H,(H2,25,28)(H,29,30). The van der Waals surface area contributed by atoms with Crippen LogP contribution in [0.4, 0.5) is 11.4 Å². The summed E-state index contributed by atoms with van der Waals surface area (Å²) in [7, 11) is 0. The number of nitrogens with one attached hydrogen (secondary N) is 2. The minimum atomic E-state index is -1.17. The van der Waals surface area contributed by atoms with E-state index >= 15 is 0 Å². The van der Waals surface area contributed by atoms with Crippen LogP contribution in [0.15, 0.2) is 54.6 Å². The molecule has 0 aromatic heterocycles. The van der Waals surface area contributed by atoms with E-state index in [9.17, 15) is 14.7 Å². The zero-order valence-electron chi connectivity index (χ0n) is 15.2. The van der Waals surface area contributed by atoms with Gasteiger partial charge < -0.3 is 21.5 Å². The Morgan fingerprint density at radius 1 is 0.833 bits per heavy atom. The fourth-order valence-corrected chi connectivity index (χ4v) is 4.27. The number of carbonyl (C=O) groups is 2. The average Bonchev–Trinajstić information content (AvgIpc) is 3.09. The molecule has 6 nitrogen and oxygen atoms in total. The first kappa shape index (κ1) is 20.3. The topological polar surface area (TPSA) is 104 Å². The first-order valence-electron chi connectivity index (χ1n) is 8.71. The molecule has 1 heterocycles. The van der Waals surface area contributed by atoms with Gasteiger partial charge >= 0.3 is 5.97 Å². The molecule has 0 radical (unpaired) electrons. The minimum Gasteiger partial charge on any atom is -0.478 e. The smallest absolute Gasteiger partial charge is 0.335 e. The average molecular weight is 463 g/mol. The predicted octanol–water partition coefficient (Wildman–Crippen LogP) is 5.18. The number of carbonyl (C=O) groups excluding carboxylic acids is 1. The molecule has 3 aromatic rings. The normalized spacial score (nSPS) is 17.0. The van der Waals surface area contributed by atoms with Crippen molar-refractivity contribution in [1.82, 2.24) is 0 Å². The van der Waals surface area contributed by atoms with Crippen LogP contribution in [0, 0.1) is 0 Å². The van der Waals surface area contributed by atoms with Gasteiger partial charge in [-0.05, 0) is 36.4 Å². The Morgan fingerprint density at radius 3 is 2.20 bits per heavy atom. The molecule has 1 aliphatic rings. The molecule has 1 unspecified atom stereocenters. The molecule has 0 fully saturated rings. The van der Waals surface area contributed by atoms with E-state index in [-0.39, 0.29) is 16.1 Å². The molecule has 0 bridgehead atoms. The van der Waals surface area contributed by atoms with E-state index in [2.05, 4.69) is 10.6 Å². The highest BCUT2D eigenvalue weighted by Crippen LogP contribution is 2.48. The Balaban J connectivity index is 1.95. The number of anilines is 2. The number of carboxylic acid groups (broad SMARTS) is 1. The number of rotatable bonds is 4. The third-order valence-corrected chi connectivity index (χ3v) is 6.06. The summed E-state index contributed by atoms with van der Waals surface area (Å²) >= 11 is 19.4. The van der Waals surface area contributed by atoms with E-state index < -0.39 is 17.5 Å². The summed E-state index contributed by atoms with van der Waals surface area (Å²) in [5.41, 5.74) is 6.86. The van der Waals surface area contributed by atoms with Gasteiger partial charge in [-0.25, -0.2) is 4.79 Å². The zero-order valence-corrected chi connectivity index (χ0v) is 17.4. The summed E-state index contributed by atoms with van der Waals surface area (Å²) in [6.45, 7) is 0. The summed E-state index contributed by atoms with van der Waals surface area (Å²) < 4.78 is 0. The molecule has 1 atom stereocenters. The van der Waals surface area contributed by atoms with Crippen molar-refractivity contribution in [3.63, 3.8) is 0 Å². The first-order valence-corrected chi connectivity index (χ1v) is 9.84. The molecule has 4 rings (SSSR count). The Morgan fingerprint density at radius 2 is 1.53 bits per heavy atom. The number of hydrogen-bond acceptors (Lipinski definition) is 4. The van der Waals surface area contributed by atoms with Crippen molar-refractivity contribution in [3.8, 4) is 0 Å². The summed E-state index contributed by atoms with van der Waals surface area (Å²) in [6, 6.07) is 14.5.